The quantitative estimate of drug-likeness (QED) is 0.376. The molecule has 0 aliphatic heterocycles. The zero-order valence-electron chi connectivity index (χ0n) is 19.8. The maximum absolute atomic E-state index is 12.4. The van der Waals surface area contributed by atoms with Crippen molar-refractivity contribution in [1.82, 2.24) is 20.6 Å². The van der Waals surface area contributed by atoms with Gasteiger partial charge in [0.05, 0.1) is 23.4 Å². The van der Waals surface area contributed by atoms with Gasteiger partial charge in [-0.3, -0.25) is 25.2 Å². The van der Waals surface area contributed by atoms with Gasteiger partial charge in [0.1, 0.15) is 0 Å². The van der Waals surface area contributed by atoms with Crippen molar-refractivity contribution in [3.63, 3.8) is 0 Å². The first-order chi connectivity index (χ1) is 16.5. The van der Waals surface area contributed by atoms with Gasteiger partial charge in [0.25, 0.3) is 11.8 Å². The molecule has 2 aromatic carbocycles. The van der Waals surface area contributed by atoms with Crippen LogP contribution in [-0.2, 0) is 25.8 Å². The SMILES string of the molecule is COC(=O)CCc1c(C)nn(-c2ccc(C(=O)NNC(=O)c3ccc(S(C)(=O)=O)cc3)cc2)c1C. The number of hydrogen-bond donors (Lipinski definition) is 2. The van der Waals surface area contributed by atoms with Gasteiger partial charge in [0.2, 0.25) is 0 Å². The highest BCUT2D eigenvalue weighted by molar-refractivity contribution is 7.90. The zero-order valence-corrected chi connectivity index (χ0v) is 20.6. The number of amides is 2. The van der Waals surface area contributed by atoms with E-state index in [9.17, 15) is 22.8 Å². The fraction of sp³-hybridized carbons (Fsp3) is 0.250. The Hall–Kier alpha value is -3.99. The molecule has 10 nitrogen and oxygen atoms in total. The van der Waals surface area contributed by atoms with Crippen molar-refractivity contribution in [2.75, 3.05) is 13.4 Å². The van der Waals surface area contributed by atoms with E-state index < -0.39 is 21.7 Å². The summed E-state index contributed by atoms with van der Waals surface area (Å²) in [5, 5.41) is 4.54. The van der Waals surface area contributed by atoms with Crippen molar-refractivity contribution >= 4 is 27.6 Å². The Morgan fingerprint density at radius 2 is 1.43 bits per heavy atom. The molecule has 0 unspecified atom stereocenters. The van der Waals surface area contributed by atoms with E-state index in [0.29, 0.717) is 12.0 Å². The van der Waals surface area contributed by atoms with Gasteiger partial charge in [-0.1, -0.05) is 0 Å². The summed E-state index contributed by atoms with van der Waals surface area (Å²) in [6.45, 7) is 3.78. The minimum Gasteiger partial charge on any atom is -0.469 e. The molecule has 0 spiro atoms. The van der Waals surface area contributed by atoms with Crippen LogP contribution in [0.5, 0.6) is 0 Å². The molecule has 0 atom stereocenters. The summed E-state index contributed by atoms with van der Waals surface area (Å²) >= 11 is 0. The maximum Gasteiger partial charge on any atom is 0.305 e. The zero-order chi connectivity index (χ0) is 25.8. The molecule has 11 heteroatoms. The van der Waals surface area contributed by atoms with Crippen molar-refractivity contribution < 1.29 is 27.5 Å². The Morgan fingerprint density at radius 1 is 0.914 bits per heavy atom. The van der Waals surface area contributed by atoms with Crippen LogP contribution in [0.2, 0.25) is 0 Å². The number of carbonyl (C=O) groups excluding carboxylic acids is 3. The molecule has 2 N–H and O–H groups in total. The number of benzene rings is 2. The lowest BCUT2D eigenvalue weighted by Gasteiger charge is -2.09. The van der Waals surface area contributed by atoms with Gasteiger partial charge in [-0.15, -0.1) is 0 Å². The van der Waals surface area contributed by atoms with Gasteiger partial charge in [-0.05, 0) is 74.4 Å². The van der Waals surface area contributed by atoms with Gasteiger partial charge < -0.3 is 4.74 Å². The molecule has 0 saturated heterocycles. The minimum absolute atomic E-state index is 0.0939. The van der Waals surface area contributed by atoms with E-state index in [-0.39, 0.29) is 22.8 Å². The lowest BCUT2D eigenvalue weighted by Crippen LogP contribution is -2.41. The third-order valence-electron chi connectivity index (χ3n) is 5.46. The highest BCUT2D eigenvalue weighted by Crippen LogP contribution is 2.20. The largest absolute Gasteiger partial charge is 0.469 e. The van der Waals surface area contributed by atoms with Crippen LogP contribution in [0.3, 0.4) is 0 Å². The molecular formula is C24H26N4O6S. The Balaban J connectivity index is 1.64. The summed E-state index contributed by atoms with van der Waals surface area (Å²) in [6.07, 6.45) is 1.85. The molecule has 0 bridgehead atoms. The molecule has 1 heterocycles. The van der Waals surface area contributed by atoms with Gasteiger partial charge in [-0.2, -0.15) is 5.10 Å². The van der Waals surface area contributed by atoms with E-state index in [1.165, 1.54) is 31.4 Å². The van der Waals surface area contributed by atoms with Gasteiger partial charge >= 0.3 is 5.97 Å². The normalized spacial score (nSPS) is 11.1. The molecule has 0 saturated carbocycles. The third kappa shape index (κ3) is 6.12. The molecule has 184 valence electrons. The first kappa shape index (κ1) is 25.6. The number of methoxy groups -OCH3 is 1. The first-order valence-electron chi connectivity index (χ1n) is 10.6. The molecule has 0 fully saturated rings. The van der Waals surface area contributed by atoms with Crippen LogP contribution in [0.15, 0.2) is 53.4 Å². The van der Waals surface area contributed by atoms with Crippen molar-refractivity contribution in [3.05, 3.63) is 76.6 Å². The number of aryl methyl sites for hydroxylation is 1. The number of hydrogen-bond acceptors (Lipinski definition) is 7. The summed E-state index contributed by atoms with van der Waals surface area (Å²) in [5.41, 5.74) is 8.54. The second-order valence-corrected chi connectivity index (χ2v) is 9.90. The number of nitrogens with one attached hydrogen (secondary N) is 2. The monoisotopic (exact) mass is 498 g/mol. The van der Waals surface area contributed by atoms with Crippen LogP contribution in [0.1, 0.15) is 44.1 Å². The smallest absolute Gasteiger partial charge is 0.305 e. The predicted octanol–water partition coefficient (Wildman–Crippen LogP) is 2.07. The fourth-order valence-corrected chi connectivity index (χ4v) is 4.11. The molecule has 0 radical (unpaired) electrons. The topological polar surface area (TPSA) is 136 Å². The average Bonchev–Trinajstić information content (AvgIpc) is 3.13. The number of hydrazine groups is 1. The van der Waals surface area contributed by atoms with Gasteiger partial charge in [0.15, 0.2) is 9.84 Å². The van der Waals surface area contributed by atoms with Crippen LogP contribution < -0.4 is 10.9 Å². The molecule has 0 aliphatic rings. The molecule has 3 aromatic rings. The Bertz CT molecular complexity index is 1360. The van der Waals surface area contributed by atoms with E-state index in [2.05, 4.69) is 16.0 Å². The van der Waals surface area contributed by atoms with Crippen molar-refractivity contribution in [2.45, 2.75) is 31.6 Å². The minimum atomic E-state index is -3.37. The number of nitrogens with zero attached hydrogens (tertiary/aromatic N) is 2. The number of sulfone groups is 1. The predicted molar refractivity (Wildman–Crippen MR) is 128 cm³/mol. The van der Waals surface area contributed by atoms with Gasteiger partial charge in [-0.25, -0.2) is 13.1 Å². The second kappa shape index (κ2) is 10.5. The summed E-state index contributed by atoms with van der Waals surface area (Å²) < 4.78 is 29.5. The van der Waals surface area contributed by atoms with Crippen molar-refractivity contribution in [2.24, 2.45) is 0 Å². The van der Waals surface area contributed by atoms with E-state index >= 15 is 0 Å². The van der Waals surface area contributed by atoms with Crippen molar-refractivity contribution in [3.8, 4) is 5.69 Å². The van der Waals surface area contributed by atoms with E-state index in [4.69, 9.17) is 4.74 Å². The number of ether oxygens (including phenoxy) is 1. The highest BCUT2D eigenvalue weighted by Gasteiger charge is 2.16. The first-order valence-corrected chi connectivity index (χ1v) is 12.5. The molecule has 1 aromatic heterocycles. The standard InChI is InChI=1S/C24H26N4O6S/c1-15-21(13-14-22(29)34-3)16(2)28(27-15)19-9-5-17(6-10-19)23(30)25-26-24(31)18-7-11-20(12-8-18)35(4,32)33/h5-12H,13-14H2,1-4H3,(H,25,30)(H,26,31). The summed E-state index contributed by atoms with van der Waals surface area (Å²) in [4.78, 5) is 36.3. The number of esters is 1. The van der Waals surface area contributed by atoms with Gasteiger partial charge in [0, 0.05) is 29.5 Å². The van der Waals surface area contributed by atoms with Crippen molar-refractivity contribution in [1.29, 1.82) is 0 Å². The Labute approximate surface area is 203 Å². The van der Waals surface area contributed by atoms with Crippen LogP contribution in [0, 0.1) is 13.8 Å². The summed E-state index contributed by atoms with van der Waals surface area (Å²) in [7, 11) is -2.01. The second-order valence-electron chi connectivity index (χ2n) is 7.89. The molecule has 35 heavy (non-hydrogen) atoms. The molecule has 2 amide bonds. The third-order valence-corrected chi connectivity index (χ3v) is 6.58. The number of carbonyl (C=O) groups is 3. The lowest BCUT2D eigenvalue weighted by atomic mass is 10.1. The van der Waals surface area contributed by atoms with Crippen LogP contribution in [0.25, 0.3) is 5.69 Å². The Morgan fingerprint density at radius 3 is 1.91 bits per heavy atom. The molecular weight excluding hydrogens is 472 g/mol. The Kier molecular flexibility index (Phi) is 7.70. The average molecular weight is 499 g/mol. The number of aromatic nitrogens is 2. The molecule has 0 aliphatic carbocycles. The summed E-state index contributed by atoms with van der Waals surface area (Å²) in [6, 6.07) is 12.0. The van der Waals surface area contributed by atoms with E-state index in [1.807, 2.05) is 13.8 Å². The van der Waals surface area contributed by atoms with Crippen LogP contribution >= 0.6 is 0 Å². The van der Waals surface area contributed by atoms with E-state index in [1.54, 1.807) is 28.9 Å². The maximum atomic E-state index is 12.4. The van der Waals surface area contributed by atoms with Crippen LogP contribution in [0.4, 0.5) is 0 Å². The van der Waals surface area contributed by atoms with Crippen LogP contribution in [-0.4, -0.2) is 49.3 Å². The highest BCUT2D eigenvalue weighted by atomic mass is 32.2. The summed E-state index contributed by atoms with van der Waals surface area (Å²) in [5.74, 6) is -1.40. The lowest BCUT2D eigenvalue weighted by molar-refractivity contribution is -0.140. The number of rotatable bonds is 7. The van der Waals surface area contributed by atoms with E-state index in [0.717, 1.165) is 28.9 Å². The molecule has 3 rings (SSSR count). The fourth-order valence-electron chi connectivity index (χ4n) is 3.48.